The van der Waals surface area contributed by atoms with E-state index >= 15 is 0 Å². The predicted octanol–water partition coefficient (Wildman–Crippen LogP) is 2.59. The van der Waals surface area contributed by atoms with E-state index in [2.05, 4.69) is 4.98 Å². The highest BCUT2D eigenvalue weighted by Gasteiger charge is 2.13. The maximum Gasteiger partial charge on any atom is 0.337 e. The van der Waals surface area contributed by atoms with Gasteiger partial charge in [0.25, 0.3) is 0 Å². The highest BCUT2D eigenvalue weighted by atomic mass is 19.1. The first-order valence-electron chi connectivity index (χ1n) is 4.64. The van der Waals surface area contributed by atoms with Crippen LogP contribution in [0.5, 0.6) is 0 Å². The molecule has 0 unspecified atom stereocenters. The van der Waals surface area contributed by atoms with Crippen LogP contribution in [0, 0.1) is 5.95 Å². The van der Waals surface area contributed by atoms with Gasteiger partial charge in [0.05, 0.1) is 11.3 Å². The van der Waals surface area contributed by atoms with Gasteiger partial charge in [-0.05, 0) is 12.1 Å². The molecule has 0 bridgehead atoms. The summed E-state index contributed by atoms with van der Waals surface area (Å²) < 4.78 is 13.0. The molecule has 0 fully saturated rings. The molecule has 0 radical (unpaired) electrons. The Hall–Kier alpha value is -2.23. The standard InChI is InChI=1S/C12H8FNO2/c13-10-7-6-9(12(15)16)11(14-10)8-4-2-1-3-5-8/h1-7H,(H,15,16). The number of aromatic nitrogens is 1. The number of benzene rings is 1. The Bertz CT molecular complexity index is 526. The van der Waals surface area contributed by atoms with Crippen LogP contribution in [-0.2, 0) is 0 Å². The summed E-state index contributed by atoms with van der Waals surface area (Å²) in [6, 6.07) is 10.9. The smallest absolute Gasteiger partial charge is 0.337 e. The lowest BCUT2D eigenvalue weighted by Crippen LogP contribution is -2.02. The summed E-state index contributed by atoms with van der Waals surface area (Å²) in [5.74, 6) is -1.81. The van der Waals surface area contributed by atoms with E-state index in [0.717, 1.165) is 6.07 Å². The van der Waals surface area contributed by atoms with Gasteiger partial charge in [-0.15, -0.1) is 0 Å². The highest BCUT2D eigenvalue weighted by molar-refractivity contribution is 5.94. The Balaban J connectivity index is 2.63. The van der Waals surface area contributed by atoms with E-state index in [9.17, 15) is 9.18 Å². The molecule has 1 aromatic heterocycles. The second-order valence-corrected chi connectivity index (χ2v) is 3.20. The average molecular weight is 217 g/mol. The van der Waals surface area contributed by atoms with Gasteiger partial charge in [-0.1, -0.05) is 30.3 Å². The van der Waals surface area contributed by atoms with E-state index in [0.29, 0.717) is 5.56 Å². The van der Waals surface area contributed by atoms with Gasteiger partial charge in [-0.2, -0.15) is 4.39 Å². The molecule has 0 saturated heterocycles. The van der Waals surface area contributed by atoms with E-state index in [4.69, 9.17) is 5.11 Å². The van der Waals surface area contributed by atoms with Gasteiger partial charge >= 0.3 is 5.97 Å². The topological polar surface area (TPSA) is 50.2 Å². The van der Waals surface area contributed by atoms with Crippen molar-refractivity contribution in [1.82, 2.24) is 4.98 Å². The molecule has 0 aliphatic rings. The fourth-order valence-electron chi connectivity index (χ4n) is 1.42. The molecular weight excluding hydrogens is 209 g/mol. The summed E-state index contributed by atoms with van der Waals surface area (Å²) in [5, 5.41) is 8.96. The van der Waals surface area contributed by atoms with Crippen molar-refractivity contribution in [1.29, 1.82) is 0 Å². The zero-order valence-corrected chi connectivity index (χ0v) is 8.22. The SMILES string of the molecule is O=C(O)c1ccc(F)nc1-c1ccccc1. The van der Waals surface area contributed by atoms with Crippen molar-refractivity contribution in [3.05, 3.63) is 54.0 Å². The molecular formula is C12H8FNO2. The van der Waals surface area contributed by atoms with Crippen molar-refractivity contribution in [3.63, 3.8) is 0 Å². The van der Waals surface area contributed by atoms with E-state index in [1.54, 1.807) is 30.3 Å². The molecule has 4 heteroatoms. The van der Waals surface area contributed by atoms with Crippen LogP contribution in [0.15, 0.2) is 42.5 Å². The molecule has 2 aromatic rings. The molecule has 0 atom stereocenters. The summed E-state index contributed by atoms with van der Waals surface area (Å²) in [7, 11) is 0. The molecule has 1 N–H and O–H groups in total. The molecule has 2 rings (SSSR count). The molecule has 0 saturated carbocycles. The largest absolute Gasteiger partial charge is 0.478 e. The minimum Gasteiger partial charge on any atom is -0.478 e. The molecule has 1 aromatic carbocycles. The van der Waals surface area contributed by atoms with E-state index in [1.165, 1.54) is 6.07 Å². The first kappa shape index (κ1) is 10.3. The first-order chi connectivity index (χ1) is 7.68. The summed E-state index contributed by atoms with van der Waals surface area (Å²) in [6.45, 7) is 0. The van der Waals surface area contributed by atoms with Gasteiger partial charge in [-0.25, -0.2) is 9.78 Å². The maximum atomic E-state index is 13.0. The van der Waals surface area contributed by atoms with Crippen LogP contribution in [0.25, 0.3) is 11.3 Å². The van der Waals surface area contributed by atoms with Gasteiger partial charge in [0.2, 0.25) is 5.95 Å². The second kappa shape index (κ2) is 4.10. The molecule has 80 valence electrons. The first-order valence-corrected chi connectivity index (χ1v) is 4.64. The summed E-state index contributed by atoms with van der Waals surface area (Å²) in [6.07, 6.45) is 0. The van der Waals surface area contributed by atoms with Gasteiger partial charge in [0.1, 0.15) is 0 Å². The van der Waals surface area contributed by atoms with Crippen LogP contribution in [0.4, 0.5) is 4.39 Å². The quantitative estimate of drug-likeness (QED) is 0.786. The van der Waals surface area contributed by atoms with Gasteiger partial charge < -0.3 is 5.11 Å². The van der Waals surface area contributed by atoms with Crippen LogP contribution >= 0.6 is 0 Å². The number of rotatable bonds is 2. The van der Waals surface area contributed by atoms with E-state index < -0.39 is 11.9 Å². The number of carboxylic acids is 1. The monoisotopic (exact) mass is 217 g/mol. The minimum absolute atomic E-state index is 0.00685. The van der Waals surface area contributed by atoms with Crippen LogP contribution in [0.2, 0.25) is 0 Å². The molecule has 0 spiro atoms. The average Bonchev–Trinajstić information content (AvgIpc) is 2.29. The molecule has 0 aliphatic carbocycles. The van der Waals surface area contributed by atoms with Gasteiger partial charge in [0.15, 0.2) is 0 Å². The molecule has 3 nitrogen and oxygen atoms in total. The van der Waals surface area contributed by atoms with Crippen LogP contribution in [0.1, 0.15) is 10.4 Å². The molecule has 1 heterocycles. The van der Waals surface area contributed by atoms with Crippen molar-refractivity contribution in [2.24, 2.45) is 0 Å². The Labute approximate surface area is 91.2 Å². The molecule has 0 aliphatic heterocycles. The Morgan fingerprint density at radius 3 is 2.44 bits per heavy atom. The Morgan fingerprint density at radius 2 is 1.81 bits per heavy atom. The number of carboxylic acid groups (broad SMARTS) is 1. The van der Waals surface area contributed by atoms with Gasteiger partial charge in [0, 0.05) is 5.56 Å². The van der Waals surface area contributed by atoms with Crippen molar-refractivity contribution < 1.29 is 14.3 Å². The minimum atomic E-state index is -1.12. The third kappa shape index (κ3) is 1.91. The predicted molar refractivity (Wildman–Crippen MR) is 56.6 cm³/mol. The zero-order valence-electron chi connectivity index (χ0n) is 8.22. The Morgan fingerprint density at radius 1 is 1.12 bits per heavy atom. The highest BCUT2D eigenvalue weighted by Crippen LogP contribution is 2.21. The van der Waals surface area contributed by atoms with E-state index in [-0.39, 0.29) is 11.3 Å². The number of aromatic carboxylic acids is 1. The van der Waals surface area contributed by atoms with Crippen LogP contribution in [0.3, 0.4) is 0 Å². The van der Waals surface area contributed by atoms with Crippen molar-refractivity contribution in [2.45, 2.75) is 0 Å². The van der Waals surface area contributed by atoms with Crippen LogP contribution < -0.4 is 0 Å². The van der Waals surface area contributed by atoms with Crippen molar-refractivity contribution in [2.75, 3.05) is 0 Å². The van der Waals surface area contributed by atoms with E-state index in [1.807, 2.05) is 0 Å². The Kier molecular flexibility index (Phi) is 2.64. The van der Waals surface area contributed by atoms with Gasteiger partial charge in [-0.3, -0.25) is 0 Å². The summed E-state index contributed by atoms with van der Waals surface area (Å²) >= 11 is 0. The normalized spacial score (nSPS) is 10.1. The number of nitrogens with zero attached hydrogens (tertiary/aromatic N) is 1. The second-order valence-electron chi connectivity index (χ2n) is 3.20. The summed E-state index contributed by atoms with van der Waals surface area (Å²) in [4.78, 5) is 14.6. The number of carbonyl (C=O) groups is 1. The van der Waals surface area contributed by atoms with Crippen molar-refractivity contribution in [3.8, 4) is 11.3 Å². The third-order valence-electron chi connectivity index (χ3n) is 2.14. The van der Waals surface area contributed by atoms with Crippen LogP contribution in [-0.4, -0.2) is 16.1 Å². The number of hydrogen-bond acceptors (Lipinski definition) is 2. The number of pyridine rings is 1. The lowest BCUT2D eigenvalue weighted by Gasteiger charge is -2.04. The molecule has 0 amide bonds. The van der Waals surface area contributed by atoms with Crippen molar-refractivity contribution >= 4 is 5.97 Å². The number of hydrogen-bond donors (Lipinski definition) is 1. The third-order valence-corrected chi connectivity index (χ3v) is 2.14. The maximum absolute atomic E-state index is 13.0. The summed E-state index contributed by atoms with van der Waals surface area (Å²) in [5.41, 5.74) is 0.722. The zero-order chi connectivity index (χ0) is 11.5. The lowest BCUT2D eigenvalue weighted by molar-refractivity contribution is 0.0697. The fourth-order valence-corrected chi connectivity index (χ4v) is 1.42. The molecule has 16 heavy (non-hydrogen) atoms. The lowest BCUT2D eigenvalue weighted by atomic mass is 10.1. The fraction of sp³-hybridized carbons (Fsp3) is 0. The number of halogens is 1.